The number of carbonyl (C=O) groups is 1. The third-order valence-corrected chi connectivity index (χ3v) is 3.24. The summed E-state index contributed by atoms with van der Waals surface area (Å²) in [5.41, 5.74) is 0.0749. The predicted molar refractivity (Wildman–Crippen MR) is 62.8 cm³/mol. The summed E-state index contributed by atoms with van der Waals surface area (Å²) >= 11 is 0. The Morgan fingerprint density at radius 1 is 1.47 bits per heavy atom. The molecule has 2 rings (SSSR count). The van der Waals surface area contributed by atoms with Crippen LogP contribution >= 0.6 is 0 Å². The molecular formula is C12H16N2O3. The largest absolute Gasteiger partial charge is 0.396 e. The first-order valence-corrected chi connectivity index (χ1v) is 5.74. The minimum Gasteiger partial charge on any atom is -0.396 e. The number of amides is 1. The molecule has 3 N–H and O–H groups in total. The van der Waals surface area contributed by atoms with E-state index in [1.54, 1.807) is 12.1 Å². The first kappa shape index (κ1) is 11.9. The van der Waals surface area contributed by atoms with Gasteiger partial charge in [0.15, 0.2) is 0 Å². The number of aromatic nitrogens is 1. The molecule has 92 valence electrons. The lowest BCUT2D eigenvalue weighted by Crippen LogP contribution is -2.32. The fourth-order valence-electron chi connectivity index (χ4n) is 1.87. The van der Waals surface area contributed by atoms with Crippen molar-refractivity contribution in [3.63, 3.8) is 0 Å². The number of aliphatic hydroxyl groups is 1. The van der Waals surface area contributed by atoms with E-state index in [-0.39, 0.29) is 29.2 Å². The summed E-state index contributed by atoms with van der Waals surface area (Å²) in [6.07, 6.45) is 2.80. The van der Waals surface area contributed by atoms with Gasteiger partial charge in [-0.15, -0.1) is 0 Å². The number of H-pyrrole nitrogens is 1. The summed E-state index contributed by atoms with van der Waals surface area (Å²) in [7, 11) is 0. The molecule has 0 aromatic carbocycles. The zero-order chi connectivity index (χ0) is 12.3. The van der Waals surface area contributed by atoms with Crippen LogP contribution in [0.15, 0.2) is 23.0 Å². The molecule has 5 heteroatoms. The topological polar surface area (TPSA) is 82.2 Å². The molecule has 1 aromatic heterocycles. The standard InChI is InChI=1S/C12H16N2O3/c15-7-6-12(4-5-12)8-13-11(17)9-2-1-3-10(16)14-9/h1-3,15H,4-8H2,(H,13,17)(H,14,16). The second kappa shape index (κ2) is 4.71. The lowest BCUT2D eigenvalue weighted by molar-refractivity contribution is 0.0935. The zero-order valence-corrected chi connectivity index (χ0v) is 9.53. The van der Waals surface area contributed by atoms with Gasteiger partial charge in [-0.05, 0) is 30.7 Å². The normalized spacial score (nSPS) is 16.5. The van der Waals surface area contributed by atoms with Crippen molar-refractivity contribution in [3.05, 3.63) is 34.2 Å². The van der Waals surface area contributed by atoms with E-state index >= 15 is 0 Å². The molecule has 1 aromatic rings. The van der Waals surface area contributed by atoms with Gasteiger partial charge in [-0.2, -0.15) is 0 Å². The average Bonchev–Trinajstić information content (AvgIpc) is 3.07. The van der Waals surface area contributed by atoms with Gasteiger partial charge in [-0.1, -0.05) is 6.07 Å². The molecule has 5 nitrogen and oxygen atoms in total. The summed E-state index contributed by atoms with van der Waals surface area (Å²) in [6, 6.07) is 4.49. The van der Waals surface area contributed by atoms with Gasteiger partial charge in [0.05, 0.1) is 0 Å². The van der Waals surface area contributed by atoms with Crippen molar-refractivity contribution in [2.45, 2.75) is 19.3 Å². The van der Waals surface area contributed by atoms with Gasteiger partial charge < -0.3 is 15.4 Å². The molecule has 1 fully saturated rings. The van der Waals surface area contributed by atoms with Gasteiger partial charge in [-0.3, -0.25) is 9.59 Å². The molecule has 0 radical (unpaired) electrons. The third-order valence-electron chi connectivity index (χ3n) is 3.24. The first-order chi connectivity index (χ1) is 8.15. The van der Waals surface area contributed by atoms with Crippen molar-refractivity contribution >= 4 is 5.91 Å². The van der Waals surface area contributed by atoms with E-state index in [1.165, 1.54) is 6.07 Å². The Morgan fingerprint density at radius 3 is 2.82 bits per heavy atom. The van der Waals surface area contributed by atoms with Crippen LogP contribution in [0.25, 0.3) is 0 Å². The molecule has 1 aliphatic carbocycles. The third kappa shape index (κ3) is 2.94. The van der Waals surface area contributed by atoms with E-state index in [2.05, 4.69) is 10.3 Å². The smallest absolute Gasteiger partial charge is 0.267 e. The number of carbonyl (C=O) groups excluding carboxylic acids is 1. The van der Waals surface area contributed by atoms with Crippen LogP contribution in [-0.4, -0.2) is 29.1 Å². The maximum absolute atomic E-state index is 11.7. The van der Waals surface area contributed by atoms with Crippen LogP contribution in [0.2, 0.25) is 0 Å². The summed E-state index contributed by atoms with van der Waals surface area (Å²) in [6.45, 7) is 0.710. The summed E-state index contributed by atoms with van der Waals surface area (Å²) in [5.74, 6) is -0.271. The van der Waals surface area contributed by atoms with E-state index < -0.39 is 0 Å². The number of pyridine rings is 1. The maximum Gasteiger partial charge on any atom is 0.267 e. The van der Waals surface area contributed by atoms with Crippen molar-refractivity contribution in [2.75, 3.05) is 13.2 Å². The summed E-state index contributed by atoms with van der Waals surface area (Å²) in [5, 5.41) is 11.7. The highest BCUT2D eigenvalue weighted by Crippen LogP contribution is 2.47. The van der Waals surface area contributed by atoms with Crippen molar-refractivity contribution in [3.8, 4) is 0 Å². The monoisotopic (exact) mass is 236 g/mol. The Hall–Kier alpha value is -1.62. The molecule has 0 aliphatic heterocycles. The van der Waals surface area contributed by atoms with Crippen molar-refractivity contribution < 1.29 is 9.90 Å². The molecular weight excluding hydrogens is 220 g/mol. The highest BCUT2D eigenvalue weighted by atomic mass is 16.3. The summed E-state index contributed by atoms with van der Waals surface area (Å²) < 4.78 is 0. The first-order valence-electron chi connectivity index (χ1n) is 5.74. The minimum atomic E-state index is -0.283. The lowest BCUT2D eigenvalue weighted by Gasteiger charge is -2.14. The highest BCUT2D eigenvalue weighted by Gasteiger charge is 2.41. The second-order valence-corrected chi connectivity index (χ2v) is 4.58. The average molecular weight is 236 g/mol. The number of rotatable bonds is 5. The van der Waals surface area contributed by atoms with Crippen LogP contribution in [0.4, 0.5) is 0 Å². The Balaban J connectivity index is 1.92. The fraction of sp³-hybridized carbons (Fsp3) is 0.500. The van der Waals surface area contributed by atoms with Gasteiger partial charge in [-0.25, -0.2) is 0 Å². The number of nitrogens with one attached hydrogen (secondary N) is 2. The molecule has 1 saturated carbocycles. The van der Waals surface area contributed by atoms with Gasteiger partial charge in [0.2, 0.25) is 5.56 Å². The Bertz CT molecular complexity index is 463. The molecule has 17 heavy (non-hydrogen) atoms. The number of aromatic amines is 1. The molecule has 0 spiro atoms. The van der Waals surface area contributed by atoms with Crippen molar-refractivity contribution in [1.29, 1.82) is 0 Å². The van der Waals surface area contributed by atoms with Crippen LogP contribution < -0.4 is 10.9 Å². The van der Waals surface area contributed by atoms with Gasteiger partial charge in [0.25, 0.3) is 5.91 Å². The van der Waals surface area contributed by atoms with Crippen LogP contribution in [-0.2, 0) is 0 Å². The van der Waals surface area contributed by atoms with Crippen LogP contribution in [0.3, 0.4) is 0 Å². The van der Waals surface area contributed by atoms with Crippen LogP contribution in [0, 0.1) is 5.41 Å². The van der Waals surface area contributed by atoms with E-state index in [9.17, 15) is 9.59 Å². The predicted octanol–water partition coefficient (Wildman–Crippen LogP) is 0.267. The lowest BCUT2D eigenvalue weighted by atomic mass is 10.0. The van der Waals surface area contributed by atoms with E-state index in [0.29, 0.717) is 6.54 Å². The van der Waals surface area contributed by atoms with Gasteiger partial charge in [0.1, 0.15) is 5.69 Å². The van der Waals surface area contributed by atoms with E-state index in [4.69, 9.17) is 5.11 Å². The maximum atomic E-state index is 11.7. The fourth-order valence-corrected chi connectivity index (χ4v) is 1.87. The van der Waals surface area contributed by atoms with Gasteiger partial charge >= 0.3 is 0 Å². The van der Waals surface area contributed by atoms with Crippen LogP contribution in [0.5, 0.6) is 0 Å². The summed E-state index contributed by atoms with van der Waals surface area (Å²) in [4.78, 5) is 25.3. The Labute approximate surface area is 98.9 Å². The second-order valence-electron chi connectivity index (χ2n) is 4.58. The van der Waals surface area contributed by atoms with Crippen molar-refractivity contribution in [1.82, 2.24) is 10.3 Å². The highest BCUT2D eigenvalue weighted by molar-refractivity contribution is 5.92. The molecule has 1 amide bonds. The number of aliphatic hydroxyl groups excluding tert-OH is 1. The molecule has 0 atom stereocenters. The van der Waals surface area contributed by atoms with Crippen molar-refractivity contribution in [2.24, 2.45) is 5.41 Å². The quantitative estimate of drug-likeness (QED) is 0.686. The number of hydrogen-bond donors (Lipinski definition) is 3. The molecule has 1 aliphatic rings. The zero-order valence-electron chi connectivity index (χ0n) is 9.53. The molecule has 0 saturated heterocycles. The van der Waals surface area contributed by atoms with E-state index in [1.807, 2.05) is 0 Å². The Morgan fingerprint density at radius 2 is 2.24 bits per heavy atom. The molecule has 0 unspecified atom stereocenters. The molecule has 0 bridgehead atoms. The van der Waals surface area contributed by atoms with Crippen LogP contribution in [0.1, 0.15) is 29.8 Å². The SMILES string of the molecule is O=C(NCC1(CCO)CC1)c1cccc(=O)[nH]1. The number of hydrogen-bond acceptors (Lipinski definition) is 3. The minimum absolute atomic E-state index is 0.0828. The van der Waals surface area contributed by atoms with E-state index in [0.717, 1.165) is 19.3 Å². The Kier molecular flexibility index (Phi) is 3.28. The van der Waals surface area contributed by atoms with Gasteiger partial charge in [0, 0.05) is 19.2 Å². The molecule has 1 heterocycles.